The molecule has 0 saturated carbocycles. The Hall–Kier alpha value is -14.4. The minimum absolute atomic E-state index is 0.0195. The van der Waals surface area contributed by atoms with Crippen molar-refractivity contribution in [1.82, 2.24) is 105 Å². The monoisotopic (exact) mass is 1820 g/mol. The van der Waals surface area contributed by atoms with Crippen molar-refractivity contribution in [3.05, 3.63) is 156 Å². The van der Waals surface area contributed by atoms with Gasteiger partial charge in [-0.2, -0.15) is 0 Å². The Morgan fingerprint density at radius 3 is 1.18 bits per heavy atom. The zero-order valence-electron chi connectivity index (χ0n) is 73.0. The number of benzene rings is 4. The summed E-state index contributed by atoms with van der Waals surface area (Å²) >= 11 is 0.758. The molecule has 0 aliphatic carbocycles. The van der Waals surface area contributed by atoms with Crippen LogP contribution >= 0.6 is 11.8 Å². The van der Waals surface area contributed by atoms with Crippen molar-refractivity contribution in [2.75, 3.05) is 37.7 Å². The van der Waals surface area contributed by atoms with Gasteiger partial charge in [-0.3, -0.25) is 82.1 Å². The lowest BCUT2D eigenvalue weighted by molar-refractivity contribution is -0.136. The summed E-state index contributed by atoms with van der Waals surface area (Å²) in [6, 6.07) is 3.55. The van der Waals surface area contributed by atoms with Gasteiger partial charge in [-0.15, -0.1) is 11.8 Å². The molecule has 702 valence electrons. The lowest BCUT2D eigenvalue weighted by Crippen LogP contribution is -2.62. The number of phenolic OH excluding ortho intramolecular Hbond substituents is 4. The highest BCUT2D eigenvalue weighted by atomic mass is 32.2. The quantitative estimate of drug-likeness (QED) is 0.0150. The highest BCUT2D eigenvalue weighted by Crippen LogP contribution is 2.21. The number of H-pyrrole nitrogens is 2. The Kier molecular flexibility index (Phi) is 40.6. The Morgan fingerprint density at radius 1 is 0.438 bits per heavy atom. The van der Waals surface area contributed by atoms with Gasteiger partial charge in [0.25, 0.3) is 0 Å². The van der Waals surface area contributed by atoms with Crippen LogP contribution in [-0.4, -0.2) is 251 Å². The Balaban J connectivity index is 1.30. The molecule has 6 aromatic rings. The normalized spacial score (nSPS) is 22.4. The number of hydrogen-bond donors (Lipinski definition) is 25. The van der Waals surface area contributed by atoms with Crippen molar-refractivity contribution in [2.24, 2.45) is 29.2 Å². The molecule has 44 heteroatoms. The molecular weight excluding hydrogens is 1710 g/mol. The van der Waals surface area contributed by atoms with Crippen LogP contribution in [0.25, 0.3) is 0 Å². The lowest BCUT2D eigenvalue weighted by atomic mass is 9.95. The molecule has 1 aliphatic heterocycles. The highest BCUT2D eigenvalue weighted by molar-refractivity contribution is 8.00. The molecule has 13 atom stereocenters. The van der Waals surface area contributed by atoms with Crippen LogP contribution in [0.1, 0.15) is 114 Å². The standard InChI is InChI=1S/C86H117N23O20S/c1-8-47(6)73-85(129)108-61(29-46(4)5)79(123)103-62(30-49-11-19-55(110)20-12-49)76(120)94-39-70(115)98-48(7)74(118)102-60(28-45(2)3)75(119)95-40-71(116)100-68(77(121)93-38-69(87)114)41-130-42-72(117)99-63(31-50-13-21-56(111)22-14-50)80(124)106-67(35-54-37-91-44-97-54)84(128)107-66(34-53-36-90-43-96-53)83(127)105-65(33-52-17-25-58(113)26-18-52)82(126)104-64(32-51-15-23-57(112)24-16-51)81(125)101-59(78(122)109-73)10-9-27-92-86(88)89/h11-26,36-37,43-48,59-68,73,110-113H,8-10,27-35,38-42H2,1-7H3,(H2,87,114)(H,90,96)(H,91,97)(H,93,121)(H,94,120)(H,95,119)(H,98,115)(H,99,117)(H,100,116)(H,101,125)(H,102,118)(H,103,123)(H,104,126)(H,105,127)(H,106,124)(H,107,128)(H,108,129)(H,109,122)(H4,88,89,92)/t47-,48-,59-,60-,61-,62-,63-,64-,65-,66-,67-,68-,73-/m0/s1. The zero-order valence-corrected chi connectivity index (χ0v) is 73.8. The van der Waals surface area contributed by atoms with Crippen molar-refractivity contribution in [3.63, 3.8) is 0 Å². The highest BCUT2D eigenvalue weighted by Gasteiger charge is 2.39. The summed E-state index contributed by atoms with van der Waals surface area (Å²) in [4.78, 5) is 245. The third kappa shape index (κ3) is 35.5. The molecule has 1 aliphatic rings. The van der Waals surface area contributed by atoms with Crippen molar-refractivity contribution < 1.29 is 97.1 Å². The van der Waals surface area contributed by atoms with Gasteiger partial charge >= 0.3 is 0 Å². The Bertz CT molecular complexity index is 4850. The summed E-state index contributed by atoms with van der Waals surface area (Å²) in [6.45, 7) is 9.24. The molecule has 4 aromatic carbocycles. The van der Waals surface area contributed by atoms with Crippen LogP contribution in [0, 0.1) is 23.2 Å². The van der Waals surface area contributed by atoms with E-state index in [1.807, 2.05) is 0 Å². The van der Waals surface area contributed by atoms with E-state index in [0.717, 1.165) is 11.8 Å². The minimum Gasteiger partial charge on any atom is -0.508 e. The zero-order chi connectivity index (χ0) is 95.3. The predicted molar refractivity (Wildman–Crippen MR) is 474 cm³/mol. The lowest BCUT2D eigenvalue weighted by Gasteiger charge is -2.30. The maximum Gasteiger partial charge on any atom is 0.243 e. The van der Waals surface area contributed by atoms with Gasteiger partial charge in [0.1, 0.15) is 95.5 Å². The van der Waals surface area contributed by atoms with Crippen LogP contribution in [0.4, 0.5) is 0 Å². The van der Waals surface area contributed by atoms with Crippen LogP contribution in [0.15, 0.2) is 122 Å². The topological polar surface area (TPSA) is 680 Å². The SMILES string of the molecule is CC[C@H](C)[C@@H]1NC(=O)[C@H](CCCNC(=N)N)NC(=O)[C@H](Cc2ccc(O)cc2)NC(=O)[C@H](Cc2ccc(O)cc2)NC(=O)[C@H](Cc2c[nH]cn2)NC(=O)[C@H](Cc2c[nH]cn2)NC(=O)[C@H](Cc2ccc(O)cc2)NC(=O)CSC[C@@H](C(=O)NCC(N)=O)NC(=O)CNC(=O)[C@H](CC(C)C)NC(=O)[C@H](C)NC(=O)CNC(=O)[C@H](Cc2ccc(O)cc2)NC(=O)[C@H](CC(C)C)NC1=O. The summed E-state index contributed by atoms with van der Waals surface area (Å²) in [7, 11) is 0. The molecule has 0 unspecified atom stereocenters. The molecule has 3 heterocycles. The molecule has 130 heavy (non-hydrogen) atoms. The second-order valence-electron chi connectivity index (χ2n) is 32.3. The number of rotatable bonds is 25. The van der Waals surface area contributed by atoms with E-state index >= 15 is 28.8 Å². The number of aromatic amines is 2. The predicted octanol–water partition coefficient (Wildman–Crippen LogP) is -3.47. The van der Waals surface area contributed by atoms with Gasteiger partial charge < -0.3 is 127 Å². The Morgan fingerprint density at radius 2 is 0.792 bits per heavy atom. The van der Waals surface area contributed by atoms with Crippen LogP contribution < -0.4 is 96.5 Å². The number of nitrogens with zero attached hydrogens (tertiary/aromatic N) is 2. The van der Waals surface area contributed by atoms with E-state index in [1.54, 1.807) is 41.5 Å². The molecule has 0 spiro atoms. The second kappa shape index (κ2) is 51.4. The third-order valence-corrected chi connectivity index (χ3v) is 21.6. The maximum atomic E-state index is 15.4. The molecule has 7 rings (SSSR count). The van der Waals surface area contributed by atoms with E-state index in [1.165, 1.54) is 129 Å². The van der Waals surface area contributed by atoms with Gasteiger partial charge in [-0.25, -0.2) is 9.97 Å². The number of amides is 16. The number of aromatic hydroxyl groups is 4. The van der Waals surface area contributed by atoms with Crippen LogP contribution in [0.5, 0.6) is 23.0 Å². The number of nitrogens with one attached hydrogen (secondary N) is 19. The molecular formula is C86H117N23O20S. The first-order valence-corrected chi connectivity index (χ1v) is 43.4. The van der Waals surface area contributed by atoms with Gasteiger partial charge in [-0.05, 0) is 121 Å². The number of hydrogen-bond acceptors (Lipinski definition) is 24. The number of imidazole rings is 2. The number of carbonyl (C=O) groups excluding carboxylic acids is 16. The summed E-state index contributed by atoms with van der Waals surface area (Å²) in [5.41, 5.74) is 12.8. The summed E-state index contributed by atoms with van der Waals surface area (Å²) < 4.78 is 0. The van der Waals surface area contributed by atoms with Gasteiger partial charge in [0, 0.05) is 63.2 Å². The fourth-order valence-corrected chi connectivity index (χ4v) is 14.3. The average Bonchev–Trinajstić information content (AvgIpc) is 1.20. The van der Waals surface area contributed by atoms with E-state index in [-0.39, 0.29) is 117 Å². The second-order valence-corrected chi connectivity index (χ2v) is 33.3. The van der Waals surface area contributed by atoms with E-state index in [2.05, 4.69) is 105 Å². The molecule has 27 N–H and O–H groups in total. The minimum atomic E-state index is -1.70. The molecule has 16 amide bonds. The molecule has 0 bridgehead atoms. The van der Waals surface area contributed by atoms with Crippen molar-refractivity contribution in [3.8, 4) is 23.0 Å². The summed E-state index contributed by atoms with van der Waals surface area (Å²) in [5.74, 6) is -18.7. The van der Waals surface area contributed by atoms with E-state index < -0.39 is 216 Å². The van der Waals surface area contributed by atoms with Gasteiger partial charge in [0.05, 0.1) is 49.4 Å². The smallest absolute Gasteiger partial charge is 0.243 e. The number of aromatic nitrogens is 4. The molecule has 2 aromatic heterocycles. The van der Waals surface area contributed by atoms with E-state index in [9.17, 15) is 68.4 Å². The first-order valence-electron chi connectivity index (χ1n) is 42.2. The largest absolute Gasteiger partial charge is 0.508 e. The molecule has 1 saturated heterocycles. The van der Waals surface area contributed by atoms with Crippen molar-refractivity contribution >= 4 is 112 Å². The van der Waals surface area contributed by atoms with E-state index in [0.29, 0.717) is 22.3 Å². The van der Waals surface area contributed by atoms with Crippen molar-refractivity contribution in [2.45, 2.75) is 192 Å². The fraction of sp³-hybridized carbons (Fsp3) is 0.453. The molecule has 43 nitrogen and oxygen atoms in total. The molecule has 0 radical (unpaired) electrons. The summed E-state index contributed by atoms with van der Waals surface area (Å²) in [6.07, 6.45) is 3.24. The van der Waals surface area contributed by atoms with Gasteiger partial charge in [-0.1, -0.05) is 96.5 Å². The van der Waals surface area contributed by atoms with Crippen LogP contribution in [0.3, 0.4) is 0 Å². The van der Waals surface area contributed by atoms with Crippen molar-refractivity contribution in [1.29, 1.82) is 5.41 Å². The van der Waals surface area contributed by atoms with E-state index in [4.69, 9.17) is 16.9 Å². The maximum absolute atomic E-state index is 15.4. The first-order chi connectivity index (χ1) is 61.8. The Labute approximate surface area is 753 Å². The number of primary amides is 1. The number of carbonyl (C=O) groups is 16. The fourth-order valence-electron chi connectivity index (χ4n) is 13.5. The molecule has 1 fully saturated rings. The summed E-state index contributed by atoms with van der Waals surface area (Å²) in [5, 5.41) is 90.7. The van der Waals surface area contributed by atoms with Gasteiger partial charge in [0.15, 0.2) is 5.96 Å². The van der Waals surface area contributed by atoms with Crippen LogP contribution in [0.2, 0.25) is 0 Å². The van der Waals surface area contributed by atoms with Crippen LogP contribution in [-0.2, 0) is 115 Å². The first kappa shape index (κ1) is 103. The average molecular weight is 1830 g/mol. The third-order valence-electron chi connectivity index (χ3n) is 20.6. The number of nitrogens with two attached hydrogens (primary N) is 2. The number of phenols is 4. The number of guanidine groups is 1. The van der Waals surface area contributed by atoms with Gasteiger partial charge in [0.2, 0.25) is 94.5 Å². The number of thioether (sulfide) groups is 1.